The summed E-state index contributed by atoms with van der Waals surface area (Å²) in [5.74, 6) is -2.91. The van der Waals surface area contributed by atoms with Gasteiger partial charge in [0, 0.05) is 11.8 Å². The molecule has 2 rings (SSSR count). The molecule has 0 aliphatic carbocycles. The van der Waals surface area contributed by atoms with Gasteiger partial charge in [0.15, 0.2) is 17.5 Å². The first kappa shape index (κ1) is 13.1. The van der Waals surface area contributed by atoms with Gasteiger partial charge >= 0.3 is 5.97 Å². The third kappa shape index (κ3) is 2.57. The molecule has 0 aliphatic rings. The molecule has 0 aliphatic heterocycles. The molecule has 0 saturated heterocycles. The lowest BCUT2D eigenvalue weighted by Crippen LogP contribution is -2.06. The number of halogens is 2. The quantitative estimate of drug-likeness (QED) is 0.925. The Hall–Kier alpha value is -2.37. The summed E-state index contributed by atoms with van der Waals surface area (Å²) in [6.07, 6.45) is 1.57. The smallest absolute Gasteiger partial charge is 0.339 e. The van der Waals surface area contributed by atoms with Crippen molar-refractivity contribution in [1.82, 2.24) is 9.97 Å². The fourth-order valence-electron chi connectivity index (χ4n) is 1.64. The Morgan fingerprint density at radius 1 is 1.32 bits per heavy atom. The number of aryl methyl sites for hydroxylation is 1. The van der Waals surface area contributed by atoms with Crippen LogP contribution in [-0.4, -0.2) is 21.0 Å². The Balaban J connectivity index is 2.51. The van der Waals surface area contributed by atoms with Crippen LogP contribution in [0.15, 0.2) is 24.4 Å². The monoisotopic (exact) mass is 264 g/mol. The Bertz CT molecular complexity index is 645. The van der Waals surface area contributed by atoms with Crippen molar-refractivity contribution in [2.75, 3.05) is 0 Å². The van der Waals surface area contributed by atoms with E-state index >= 15 is 0 Å². The second-order valence-electron chi connectivity index (χ2n) is 3.84. The maximum atomic E-state index is 13.1. The zero-order valence-electron chi connectivity index (χ0n) is 10.0. The van der Waals surface area contributed by atoms with Crippen molar-refractivity contribution in [2.45, 2.75) is 13.3 Å². The number of nitrogens with zero attached hydrogens (tertiary/aromatic N) is 2. The normalized spacial score (nSPS) is 10.5. The van der Waals surface area contributed by atoms with Crippen LogP contribution in [0.2, 0.25) is 0 Å². The van der Waals surface area contributed by atoms with Crippen molar-refractivity contribution in [2.24, 2.45) is 0 Å². The molecule has 4 nitrogen and oxygen atoms in total. The number of aromatic carboxylic acids is 1. The lowest BCUT2D eigenvalue weighted by Gasteiger charge is -2.06. The number of carboxylic acid groups (broad SMARTS) is 1. The van der Waals surface area contributed by atoms with Gasteiger partial charge in [0.05, 0.1) is 11.3 Å². The lowest BCUT2D eigenvalue weighted by molar-refractivity contribution is 0.0694. The molecule has 1 N–H and O–H groups in total. The number of rotatable bonds is 3. The third-order valence-corrected chi connectivity index (χ3v) is 2.61. The van der Waals surface area contributed by atoms with Crippen LogP contribution in [0.1, 0.15) is 23.0 Å². The van der Waals surface area contributed by atoms with Gasteiger partial charge in [-0.25, -0.2) is 23.5 Å². The second-order valence-corrected chi connectivity index (χ2v) is 3.84. The van der Waals surface area contributed by atoms with Crippen LogP contribution in [0.5, 0.6) is 0 Å². The zero-order valence-corrected chi connectivity index (χ0v) is 10.0. The van der Waals surface area contributed by atoms with Crippen molar-refractivity contribution >= 4 is 5.97 Å². The van der Waals surface area contributed by atoms with Gasteiger partial charge in [0.1, 0.15) is 0 Å². The Morgan fingerprint density at radius 2 is 2.05 bits per heavy atom. The molecule has 2 aromatic rings. The topological polar surface area (TPSA) is 63.1 Å². The van der Waals surface area contributed by atoms with Gasteiger partial charge in [-0.05, 0) is 24.6 Å². The fourth-order valence-corrected chi connectivity index (χ4v) is 1.64. The van der Waals surface area contributed by atoms with Gasteiger partial charge in [0.25, 0.3) is 0 Å². The number of benzene rings is 1. The molecule has 0 bridgehead atoms. The maximum absolute atomic E-state index is 13.1. The van der Waals surface area contributed by atoms with E-state index in [2.05, 4.69) is 9.97 Å². The van der Waals surface area contributed by atoms with Crippen molar-refractivity contribution in [1.29, 1.82) is 0 Å². The van der Waals surface area contributed by atoms with E-state index in [4.69, 9.17) is 5.11 Å². The number of hydrogen-bond acceptors (Lipinski definition) is 3. The molecule has 1 heterocycles. The molecule has 1 aromatic carbocycles. The predicted molar refractivity (Wildman–Crippen MR) is 63.7 cm³/mol. The summed E-state index contributed by atoms with van der Waals surface area (Å²) in [6.45, 7) is 1.75. The van der Waals surface area contributed by atoms with Crippen LogP contribution in [0.4, 0.5) is 8.78 Å². The number of aromatic nitrogens is 2. The minimum atomic E-state index is -1.12. The van der Waals surface area contributed by atoms with Crippen LogP contribution < -0.4 is 0 Å². The lowest BCUT2D eigenvalue weighted by atomic mass is 10.1. The van der Waals surface area contributed by atoms with Crippen LogP contribution >= 0.6 is 0 Å². The van der Waals surface area contributed by atoms with E-state index in [-0.39, 0.29) is 11.4 Å². The molecular formula is C13H10F2N2O2. The number of carbonyl (C=O) groups is 1. The molecule has 98 valence electrons. The van der Waals surface area contributed by atoms with E-state index in [1.165, 1.54) is 12.3 Å². The van der Waals surface area contributed by atoms with E-state index in [0.29, 0.717) is 17.7 Å². The minimum absolute atomic E-state index is 0.00818. The molecule has 0 radical (unpaired) electrons. The Labute approximate surface area is 107 Å². The van der Waals surface area contributed by atoms with Crippen molar-refractivity contribution in [3.63, 3.8) is 0 Å². The summed E-state index contributed by atoms with van der Waals surface area (Å²) in [5, 5.41) is 8.95. The molecule has 0 unspecified atom stereocenters. The minimum Gasteiger partial charge on any atom is -0.478 e. The molecule has 1 aromatic heterocycles. The molecule has 0 atom stereocenters. The van der Waals surface area contributed by atoms with Crippen LogP contribution in [0.25, 0.3) is 11.4 Å². The van der Waals surface area contributed by atoms with Gasteiger partial charge in [-0.1, -0.05) is 6.92 Å². The van der Waals surface area contributed by atoms with E-state index in [1.807, 2.05) is 0 Å². The first-order valence-corrected chi connectivity index (χ1v) is 5.57. The highest BCUT2D eigenvalue weighted by molar-refractivity contribution is 5.88. The summed E-state index contributed by atoms with van der Waals surface area (Å²) in [6, 6.07) is 3.29. The average Bonchev–Trinajstić information content (AvgIpc) is 2.41. The third-order valence-electron chi connectivity index (χ3n) is 2.61. The average molecular weight is 264 g/mol. The van der Waals surface area contributed by atoms with E-state index in [0.717, 1.165) is 12.1 Å². The van der Waals surface area contributed by atoms with E-state index in [9.17, 15) is 13.6 Å². The molecule has 19 heavy (non-hydrogen) atoms. The Kier molecular flexibility index (Phi) is 3.50. The maximum Gasteiger partial charge on any atom is 0.339 e. The first-order chi connectivity index (χ1) is 9.02. The van der Waals surface area contributed by atoms with Gasteiger partial charge in [-0.15, -0.1) is 0 Å². The molecule has 0 spiro atoms. The molecule has 6 heteroatoms. The van der Waals surface area contributed by atoms with E-state index < -0.39 is 17.6 Å². The summed E-state index contributed by atoms with van der Waals surface area (Å²) < 4.78 is 26.0. The molecule has 0 fully saturated rings. The molecule has 0 amide bonds. The summed E-state index contributed by atoms with van der Waals surface area (Å²) >= 11 is 0. The Morgan fingerprint density at radius 3 is 2.63 bits per heavy atom. The summed E-state index contributed by atoms with van der Waals surface area (Å²) in [7, 11) is 0. The van der Waals surface area contributed by atoms with Gasteiger partial charge < -0.3 is 5.11 Å². The van der Waals surface area contributed by atoms with Gasteiger partial charge in [-0.3, -0.25) is 0 Å². The van der Waals surface area contributed by atoms with Crippen LogP contribution in [0.3, 0.4) is 0 Å². The SMILES string of the molecule is CCc1nc(-c2ccc(F)c(F)c2)ncc1C(=O)O. The van der Waals surface area contributed by atoms with Gasteiger partial charge in [-0.2, -0.15) is 0 Å². The highest BCUT2D eigenvalue weighted by Gasteiger charge is 2.13. The highest BCUT2D eigenvalue weighted by atomic mass is 19.2. The van der Waals surface area contributed by atoms with Crippen molar-refractivity contribution < 1.29 is 18.7 Å². The predicted octanol–water partition coefficient (Wildman–Crippen LogP) is 2.68. The largest absolute Gasteiger partial charge is 0.478 e. The second kappa shape index (κ2) is 5.09. The number of hydrogen-bond donors (Lipinski definition) is 1. The van der Waals surface area contributed by atoms with Crippen molar-refractivity contribution in [3.05, 3.63) is 47.3 Å². The molecule has 0 saturated carbocycles. The first-order valence-electron chi connectivity index (χ1n) is 5.57. The highest BCUT2D eigenvalue weighted by Crippen LogP contribution is 2.19. The molecular weight excluding hydrogens is 254 g/mol. The van der Waals surface area contributed by atoms with Crippen molar-refractivity contribution in [3.8, 4) is 11.4 Å². The van der Waals surface area contributed by atoms with E-state index in [1.54, 1.807) is 6.92 Å². The van der Waals surface area contributed by atoms with Crippen LogP contribution in [0, 0.1) is 11.6 Å². The summed E-state index contributed by atoms with van der Waals surface area (Å²) in [4.78, 5) is 18.9. The summed E-state index contributed by atoms with van der Waals surface area (Å²) in [5.41, 5.74) is 0.654. The fraction of sp³-hybridized carbons (Fsp3) is 0.154. The standard InChI is InChI=1S/C13H10F2N2O2/c1-2-11-8(13(18)19)6-16-12(17-11)7-3-4-9(14)10(15)5-7/h3-6H,2H2,1H3,(H,18,19). The zero-order chi connectivity index (χ0) is 14.0. The van der Waals surface area contributed by atoms with Gasteiger partial charge in [0.2, 0.25) is 0 Å². The number of carboxylic acids is 1. The van der Waals surface area contributed by atoms with Crippen LogP contribution in [-0.2, 0) is 6.42 Å².